The van der Waals surface area contributed by atoms with Crippen LogP contribution in [0.15, 0.2) is 12.4 Å². The van der Waals surface area contributed by atoms with Gasteiger partial charge in [0.25, 0.3) is 0 Å². The minimum Gasteiger partial charge on any atom is -0.310 e. The van der Waals surface area contributed by atoms with Gasteiger partial charge in [0.05, 0.1) is 6.20 Å². The molecule has 0 fully saturated rings. The lowest BCUT2D eigenvalue weighted by molar-refractivity contribution is 0.417. The minimum atomic E-state index is 0.679. The lowest BCUT2D eigenvalue weighted by Gasteiger charge is -2.18. The van der Waals surface area contributed by atoms with E-state index >= 15 is 0 Å². The molecule has 110 valence electrons. The molecule has 0 radical (unpaired) electrons. The van der Waals surface area contributed by atoms with Crippen LogP contribution in [0.4, 0.5) is 0 Å². The molecule has 0 saturated carbocycles. The average molecular weight is 265 g/mol. The SMILES string of the molecule is CCCCCC(CCCCC)NCc1cnn(C)c1. The number of hydrogen-bond donors (Lipinski definition) is 1. The summed E-state index contributed by atoms with van der Waals surface area (Å²) in [6.07, 6.45) is 14.7. The molecule has 0 amide bonds. The Labute approximate surface area is 118 Å². The summed E-state index contributed by atoms with van der Waals surface area (Å²) in [5, 5.41) is 7.94. The van der Waals surface area contributed by atoms with Crippen molar-refractivity contribution >= 4 is 0 Å². The molecule has 0 saturated heterocycles. The van der Waals surface area contributed by atoms with Crippen LogP contribution in [0.2, 0.25) is 0 Å². The zero-order valence-corrected chi connectivity index (χ0v) is 13.0. The van der Waals surface area contributed by atoms with Gasteiger partial charge in [0.2, 0.25) is 0 Å². The van der Waals surface area contributed by atoms with E-state index in [1.54, 1.807) is 0 Å². The van der Waals surface area contributed by atoms with Gasteiger partial charge in [0.15, 0.2) is 0 Å². The van der Waals surface area contributed by atoms with Crippen LogP contribution in [0, 0.1) is 0 Å². The van der Waals surface area contributed by atoms with Gasteiger partial charge in [-0.3, -0.25) is 4.68 Å². The standard InChI is InChI=1S/C16H31N3/c1-4-6-8-10-16(11-9-7-5-2)17-12-15-13-18-19(3)14-15/h13-14,16-17H,4-12H2,1-3H3. The molecule has 0 aliphatic rings. The predicted octanol–water partition coefficient (Wildman–Crippen LogP) is 4.04. The molecule has 0 aliphatic carbocycles. The number of hydrogen-bond acceptors (Lipinski definition) is 2. The van der Waals surface area contributed by atoms with Crippen molar-refractivity contribution < 1.29 is 0 Å². The normalized spacial score (nSPS) is 11.4. The van der Waals surface area contributed by atoms with Gasteiger partial charge in [-0.1, -0.05) is 52.4 Å². The van der Waals surface area contributed by atoms with Gasteiger partial charge in [0.1, 0.15) is 0 Å². The Balaban J connectivity index is 2.29. The Morgan fingerprint density at radius 3 is 2.21 bits per heavy atom. The maximum absolute atomic E-state index is 4.22. The summed E-state index contributed by atoms with van der Waals surface area (Å²) in [6, 6.07) is 0.679. The fourth-order valence-corrected chi connectivity index (χ4v) is 2.46. The quantitative estimate of drug-likeness (QED) is 0.612. The molecule has 1 aromatic heterocycles. The monoisotopic (exact) mass is 265 g/mol. The molecule has 0 bridgehead atoms. The molecule has 0 atom stereocenters. The topological polar surface area (TPSA) is 29.9 Å². The van der Waals surface area contributed by atoms with E-state index < -0.39 is 0 Å². The summed E-state index contributed by atoms with van der Waals surface area (Å²) in [5.74, 6) is 0. The Kier molecular flexibility index (Phi) is 8.55. The van der Waals surface area contributed by atoms with Crippen LogP contribution < -0.4 is 5.32 Å². The first-order valence-electron chi connectivity index (χ1n) is 7.97. The Morgan fingerprint density at radius 2 is 1.74 bits per heavy atom. The zero-order valence-electron chi connectivity index (χ0n) is 13.0. The lowest BCUT2D eigenvalue weighted by atomic mass is 10.0. The van der Waals surface area contributed by atoms with E-state index in [1.807, 2.05) is 17.9 Å². The number of unbranched alkanes of at least 4 members (excludes halogenated alkanes) is 4. The molecule has 3 heteroatoms. The number of nitrogens with one attached hydrogen (secondary N) is 1. The van der Waals surface area contributed by atoms with E-state index in [1.165, 1.54) is 56.9 Å². The van der Waals surface area contributed by atoms with E-state index in [0.29, 0.717) is 6.04 Å². The third-order valence-corrected chi connectivity index (χ3v) is 3.67. The van der Waals surface area contributed by atoms with Gasteiger partial charge < -0.3 is 5.32 Å². The molecule has 1 heterocycles. The molecule has 19 heavy (non-hydrogen) atoms. The molecule has 1 N–H and O–H groups in total. The molecule has 0 unspecified atom stereocenters. The third kappa shape index (κ3) is 7.36. The fraction of sp³-hybridized carbons (Fsp3) is 0.812. The molecular formula is C16H31N3. The fourth-order valence-electron chi connectivity index (χ4n) is 2.46. The number of aryl methyl sites for hydroxylation is 1. The Morgan fingerprint density at radius 1 is 1.11 bits per heavy atom. The van der Waals surface area contributed by atoms with Crippen LogP contribution in [0.25, 0.3) is 0 Å². The predicted molar refractivity (Wildman–Crippen MR) is 82.1 cm³/mol. The Bertz CT molecular complexity index is 310. The van der Waals surface area contributed by atoms with Gasteiger partial charge in [-0.2, -0.15) is 5.10 Å². The molecule has 3 nitrogen and oxygen atoms in total. The molecular weight excluding hydrogens is 234 g/mol. The maximum atomic E-state index is 4.22. The smallest absolute Gasteiger partial charge is 0.0534 e. The van der Waals surface area contributed by atoms with Crippen molar-refractivity contribution in [2.24, 2.45) is 7.05 Å². The number of nitrogens with zero attached hydrogens (tertiary/aromatic N) is 2. The van der Waals surface area contributed by atoms with Crippen molar-refractivity contribution in [1.29, 1.82) is 0 Å². The first kappa shape index (κ1) is 16.2. The van der Waals surface area contributed by atoms with Crippen LogP contribution in [0.5, 0.6) is 0 Å². The average Bonchev–Trinajstić information content (AvgIpc) is 2.81. The van der Waals surface area contributed by atoms with E-state index in [2.05, 4.69) is 30.5 Å². The first-order chi connectivity index (χ1) is 9.26. The van der Waals surface area contributed by atoms with E-state index in [9.17, 15) is 0 Å². The molecule has 0 aromatic carbocycles. The highest BCUT2D eigenvalue weighted by Crippen LogP contribution is 2.12. The van der Waals surface area contributed by atoms with Gasteiger partial charge in [-0.05, 0) is 12.8 Å². The third-order valence-electron chi connectivity index (χ3n) is 3.67. The van der Waals surface area contributed by atoms with Crippen molar-refractivity contribution in [3.05, 3.63) is 18.0 Å². The second kappa shape index (κ2) is 10.0. The second-order valence-corrected chi connectivity index (χ2v) is 5.59. The van der Waals surface area contributed by atoms with Crippen LogP contribution in [-0.4, -0.2) is 15.8 Å². The molecule has 1 rings (SSSR count). The molecule has 0 aliphatic heterocycles. The second-order valence-electron chi connectivity index (χ2n) is 5.59. The van der Waals surface area contributed by atoms with Crippen LogP contribution in [0.3, 0.4) is 0 Å². The summed E-state index contributed by atoms with van der Waals surface area (Å²) in [7, 11) is 1.98. The van der Waals surface area contributed by atoms with E-state index in [0.717, 1.165) is 6.54 Å². The van der Waals surface area contributed by atoms with Crippen molar-refractivity contribution in [3.63, 3.8) is 0 Å². The number of aromatic nitrogens is 2. The summed E-state index contributed by atoms with van der Waals surface area (Å²) in [5.41, 5.74) is 1.29. The van der Waals surface area contributed by atoms with Gasteiger partial charge in [-0.25, -0.2) is 0 Å². The maximum Gasteiger partial charge on any atom is 0.0534 e. The summed E-state index contributed by atoms with van der Waals surface area (Å²) in [6.45, 7) is 5.50. The van der Waals surface area contributed by atoms with Crippen molar-refractivity contribution in [3.8, 4) is 0 Å². The van der Waals surface area contributed by atoms with Gasteiger partial charge in [0, 0.05) is 31.4 Å². The highest BCUT2D eigenvalue weighted by Gasteiger charge is 2.08. The Hall–Kier alpha value is -0.830. The summed E-state index contributed by atoms with van der Waals surface area (Å²) in [4.78, 5) is 0. The summed E-state index contributed by atoms with van der Waals surface area (Å²) < 4.78 is 1.88. The first-order valence-corrected chi connectivity index (χ1v) is 7.97. The summed E-state index contributed by atoms with van der Waals surface area (Å²) >= 11 is 0. The van der Waals surface area contributed by atoms with Crippen molar-refractivity contribution in [2.75, 3.05) is 0 Å². The van der Waals surface area contributed by atoms with Crippen LogP contribution >= 0.6 is 0 Å². The number of rotatable bonds is 11. The van der Waals surface area contributed by atoms with Gasteiger partial charge >= 0.3 is 0 Å². The van der Waals surface area contributed by atoms with E-state index in [4.69, 9.17) is 0 Å². The molecule has 1 aromatic rings. The van der Waals surface area contributed by atoms with Crippen molar-refractivity contribution in [2.45, 2.75) is 77.8 Å². The van der Waals surface area contributed by atoms with Gasteiger partial charge in [-0.15, -0.1) is 0 Å². The zero-order chi connectivity index (χ0) is 13.9. The molecule has 0 spiro atoms. The largest absolute Gasteiger partial charge is 0.310 e. The van der Waals surface area contributed by atoms with Crippen molar-refractivity contribution in [1.82, 2.24) is 15.1 Å². The lowest BCUT2D eigenvalue weighted by Crippen LogP contribution is -2.28. The van der Waals surface area contributed by atoms with Crippen LogP contribution in [-0.2, 0) is 13.6 Å². The highest BCUT2D eigenvalue weighted by atomic mass is 15.2. The van der Waals surface area contributed by atoms with E-state index in [-0.39, 0.29) is 0 Å². The minimum absolute atomic E-state index is 0.679. The van der Waals surface area contributed by atoms with Crippen LogP contribution in [0.1, 0.15) is 70.8 Å². The highest BCUT2D eigenvalue weighted by molar-refractivity contribution is 5.03.